The molecule has 5 nitrogen and oxygen atoms in total. The molecular formula is C13H9Cl2NO4S. The van der Waals surface area contributed by atoms with E-state index in [0.717, 1.165) is 0 Å². The SMILES string of the molecule is O=C(O)c1c(Cl)cccc1NS(=O)(=O)c1cccc(Cl)c1. The summed E-state index contributed by atoms with van der Waals surface area (Å²) in [7, 11) is -3.97. The summed E-state index contributed by atoms with van der Waals surface area (Å²) >= 11 is 11.5. The highest BCUT2D eigenvalue weighted by molar-refractivity contribution is 7.92. The van der Waals surface area contributed by atoms with Gasteiger partial charge in [0.1, 0.15) is 5.56 Å². The van der Waals surface area contributed by atoms with E-state index in [4.69, 9.17) is 28.3 Å². The maximum absolute atomic E-state index is 12.2. The summed E-state index contributed by atoms with van der Waals surface area (Å²) in [6, 6.07) is 9.74. The van der Waals surface area contributed by atoms with Crippen LogP contribution in [0.25, 0.3) is 0 Å². The van der Waals surface area contributed by atoms with Crippen LogP contribution in [0.5, 0.6) is 0 Å². The van der Waals surface area contributed by atoms with Crippen LogP contribution >= 0.6 is 23.2 Å². The van der Waals surface area contributed by atoms with Gasteiger partial charge in [0.15, 0.2) is 0 Å². The zero-order valence-corrected chi connectivity index (χ0v) is 12.7. The van der Waals surface area contributed by atoms with Crippen LogP contribution in [0.4, 0.5) is 5.69 Å². The standard InChI is InChI=1S/C13H9Cl2NO4S/c14-8-3-1-4-9(7-8)21(19,20)16-11-6-2-5-10(15)12(11)13(17)18/h1-7,16H,(H,17,18). The largest absolute Gasteiger partial charge is 0.478 e. The zero-order chi connectivity index (χ0) is 15.6. The zero-order valence-electron chi connectivity index (χ0n) is 10.4. The van der Waals surface area contributed by atoms with E-state index in [1.54, 1.807) is 0 Å². The van der Waals surface area contributed by atoms with Crippen molar-refractivity contribution in [3.05, 3.63) is 58.1 Å². The summed E-state index contributed by atoms with van der Waals surface area (Å²) in [5.74, 6) is -1.33. The number of hydrogen-bond acceptors (Lipinski definition) is 3. The van der Waals surface area contributed by atoms with E-state index < -0.39 is 16.0 Å². The second-order valence-corrected chi connectivity index (χ2v) is 6.56. The third-order valence-electron chi connectivity index (χ3n) is 2.58. The number of hydrogen-bond donors (Lipinski definition) is 2. The molecule has 0 saturated carbocycles. The van der Waals surface area contributed by atoms with E-state index in [1.807, 2.05) is 0 Å². The molecule has 2 N–H and O–H groups in total. The first-order valence-electron chi connectivity index (χ1n) is 5.61. The van der Waals surface area contributed by atoms with E-state index in [9.17, 15) is 13.2 Å². The number of benzene rings is 2. The fraction of sp³-hybridized carbons (Fsp3) is 0. The fourth-order valence-electron chi connectivity index (χ4n) is 1.66. The molecule has 0 amide bonds. The van der Waals surface area contributed by atoms with Crippen LogP contribution in [-0.2, 0) is 10.0 Å². The number of anilines is 1. The molecule has 2 rings (SSSR count). The van der Waals surface area contributed by atoms with Crippen LogP contribution in [-0.4, -0.2) is 19.5 Å². The molecule has 0 radical (unpaired) electrons. The Morgan fingerprint density at radius 1 is 1.10 bits per heavy atom. The minimum Gasteiger partial charge on any atom is -0.478 e. The molecule has 0 spiro atoms. The van der Waals surface area contributed by atoms with Crippen LogP contribution in [0.3, 0.4) is 0 Å². The maximum Gasteiger partial charge on any atom is 0.339 e. The van der Waals surface area contributed by atoms with Crippen molar-refractivity contribution in [2.45, 2.75) is 4.90 Å². The fourth-order valence-corrected chi connectivity index (χ4v) is 3.29. The summed E-state index contributed by atoms with van der Waals surface area (Å²) in [5.41, 5.74) is -0.431. The Kier molecular flexibility index (Phi) is 4.41. The van der Waals surface area contributed by atoms with Gasteiger partial charge in [0.2, 0.25) is 0 Å². The number of rotatable bonds is 4. The molecule has 0 fully saturated rings. The van der Waals surface area contributed by atoms with E-state index in [0.29, 0.717) is 0 Å². The molecule has 0 bridgehead atoms. The van der Waals surface area contributed by atoms with Gasteiger partial charge in [0, 0.05) is 5.02 Å². The molecule has 8 heteroatoms. The lowest BCUT2D eigenvalue weighted by molar-refractivity contribution is 0.0698. The van der Waals surface area contributed by atoms with Crippen molar-refractivity contribution in [3.63, 3.8) is 0 Å². The van der Waals surface area contributed by atoms with Crippen molar-refractivity contribution < 1.29 is 18.3 Å². The Morgan fingerprint density at radius 3 is 2.38 bits per heavy atom. The minimum atomic E-state index is -3.97. The smallest absolute Gasteiger partial charge is 0.339 e. The van der Waals surface area contributed by atoms with E-state index >= 15 is 0 Å². The summed E-state index contributed by atoms with van der Waals surface area (Å²) in [5, 5.41) is 9.31. The van der Waals surface area contributed by atoms with Crippen LogP contribution < -0.4 is 4.72 Å². The van der Waals surface area contributed by atoms with Crippen molar-refractivity contribution >= 4 is 44.9 Å². The first kappa shape index (κ1) is 15.6. The molecule has 0 heterocycles. The van der Waals surface area contributed by atoms with E-state index in [-0.39, 0.29) is 26.2 Å². The third kappa shape index (κ3) is 3.47. The molecule has 0 unspecified atom stereocenters. The highest BCUT2D eigenvalue weighted by Gasteiger charge is 2.20. The lowest BCUT2D eigenvalue weighted by Crippen LogP contribution is -2.15. The molecular weight excluding hydrogens is 337 g/mol. The molecule has 110 valence electrons. The normalized spacial score (nSPS) is 11.1. The molecule has 0 aliphatic heterocycles. The van der Waals surface area contributed by atoms with Crippen LogP contribution in [0.2, 0.25) is 10.0 Å². The van der Waals surface area contributed by atoms with Crippen molar-refractivity contribution in [1.29, 1.82) is 0 Å². The van der Waals surface area contributed by atoms with Gasteiger partial charge in [-0.05, 0) is 30.3 Å². The van der Waals surface area contributed by atoms with Gasteiger partial charge in [-0.1, -0.05) is 35.3 Å². The van der Waals surface area contributed by atoms with Gasteiger partial charge in [-0.2, -0.15) is 0 Å². The predicted molar refractivity (Wildman–Crippen MR) is 80.7 cm³/mol. The minimum absolute atomic E-state index is 0.0613. The van der Waals surface area contributed by atoms with Gasteiger partial charge in [0.05, 0.1) is 15.6 Å². The molecule has 0 atom stereocenters. The number of aromatic carboxylic acids is 1. The van der Waals surface area contributed by atoms with Gasteiger partial charge in [-0.15, -0.1) is 0 Å². The summed E-state index contributed by atoms with van der Waals surface area (Å²) < 4.78 is 26.7. The second kappa shape index (κ2) is 5.93. The Hall–Kier alpha value is -1.76. The van der Waals surface area contributed by atoms with E-state index in [1.165, 1.54) is 42.5 Å². The first-order valence-corrected chi connectivity index (χ1v) is 7.85. The Balaban J connectivity index is 2.47. The van der Waals surface area contributed by atoms with Crippen LogP contribution in [0, 0.1) is 0 Å². The maximum atomic E-state index is 12.2. The average Bonchev–Trinajstić information content (AvgIpc) is 2.37. The summed E-state index contributed by atoms with van der Waals surface area (Å²) in [4.78, 5) is 11.1. The lowest BCUT2D eigenvalue weighted by atomic mass is 10.2. The quantitative estimate of drug-likeness (QED) is 0.888. The highest BCUT2D eigenvalue weighted by atomic mass is 35.5. The first-order chi connectivity index (χ1) is 9.81. The van der Waals surface area contributed by atoms with Gasteiger partial charge in [-0.3, -0.25) is 4.72 Å². The van der Waals surface area contributed by atoms with Gasteiger partial charge < -0.3 is 5.11 Å². The predicted octanol–water partition coefficient (Wildman–Crippen LogP) is 3.49. The molecule has 2 aromatic carbocycles. The lowest BCUT2D eigenvalue weighted by Gasteiger charge is -2.11. The highest BCUT2D eigenvalue weighted by Crippen LogP contribution is 2.27. The van der Waals surface area contributed by atoms with E-state index in [2.05, 4.69) is 4.72 Å². The number of carboxylic acid groups (broad SMARTS) is 1. The van der Waals surface area contributed by atoms with Crippen LogP contribution in [0.1, 0.15) is 10.4 Å². The molecule has 21 heavy (non-hydrogen) atoms. The second-order valence-electron chi connectivity index (χ2n) is 4.03. The average molecular weight is 346 g/mol. The van der Waals surface area contributed by atoms with Crippen LogP contribution in [0.15, 0.2) is 47.4 Å². The molecule has 2 aromatic rings. The number of halogens is 2. The Labute approximate surface area is 131 Å². The number of sulfonamides is 1. The topological polar surface area (TPSA) is 83.5 Å². The summed E-state index contributed by atoms with van der Waals surface area (Å²) in [6.45, 7) is 0. The number of carboxylic acids is 1. The molecule has 0 aromatic heterocycles. The Morgan fingerprint density at radius 2 is 1.76 bits per heavy atom. The van der Waals surface area contributed by atoms with Gasteiger partial charge in [0.25, 0.3) is 10.0 Å². The van der Waals surface area contributed by atoms with Crippen molar-refractivity contribution in [2.75, 3.05) is 4.72 Å². The molecule has 0 aliphatic rings. The third-order valence-corrected chi connectivity index (χ3v) is 4.49. The molecule has 0 aliphatic carbocycles. The van der Waals surface area contributed by atoms with Crippen molar-refractivity contribution in [2.24, 2.45) is 0 Å². The Bertz CT molecular complexity index is 806. The van der Waals surface area contributed by atoms with Crippen molar-refractivity contribution in [1.82, 2.24) is 0 Å². The number of carbonyl (C=O) groups is 1. The summed E-state index contributed by atoms with van der Waals surface area (Å²) in [6.07, 6.45) is 0. The van der Waals surface area contributed by atoms with Gasteiger partial charge >= 0.3 is 5.97 Å². The number of nitrogens with one attached hydrogen (secondary N) is 1. The van der Waals surface area contributed by atoms with Crippen molar-refractivity contribution in [3.8, 4) is 0 Å². The van der Waals surface area contributed by atoms with Gasteiger partial charge in [-0.25, -0.2) is 13.2 Å². The monoisotopic (exact) mass is 345 g/mol. The molecule has 0 saturated heterocycles.